The molecule has 1 saturated heterocycles. The van der Waals surface area contributed by atoms with E-state index in [1.165, 1.54) is 5.56 Å². The summed E-state index contributed by atoms with van der Waals surface area (Å²) < 4.78 is 17.8. The van der Waals surface area contributed by atoms with E-state index >= 15 is 0 Å². The summed E-state index contributed by atoms with van der Waals surface area (Å²) in [5.41, 5.74) is 4.57. The average Bonchev–Trinajstić information content (AvgIpc) is 2.93. The number of benzene rings is 3. The molecule has 1 aliphatic rings. The zero-order valence-electron chi connectivity index (χ0n) is 23.1. The van der Waals surface area contributed by atoms with Gasteiger partial charge in [-0.15, -0.1) is 0 Å². The molecule has 0 spiro atoms. The lowest BCUT2D eigenvalue weighted by atomic mass is 9.97. The van der Waals surface area contributed by atoms with Crippen molar-refractivity contribution < 1.29 is 19.0 Å². The van der Waals surface area contributed by atoms with E-state index in [1.54, 1.807) is 0 Å². The topological polar surface area (TPSA) is 48.0 Å². The van der Waals surface area contributed by atoms with E-state index in [4.69, 9.17) is 14.2 Å². The molecule has 3 atom stereocenters. The normalized spacial score (nSPS) is 18.8. The Labute approximate surface area is 227 Å². The van der Waals surface area contributed by atoms with Crippen molar-refractivity contribution in [3.05, 3.63) is 101 Å². The summed E-state index contributed by atoms with van der Waals surface area (Å²) in [6.07, 6.45) is 1.01. The molecule has 1 heterocycles. The number of morpholine rings is 1. The number of hydrogen-bond donors (Lipinski definition) is 0. The number of esters is 1. The maximum absolute atomic E-state index is 12.7. The molecule has 0 radical (unpaired) electrons. The molecule has 202 valence electrons. The van der Waals surface area contributed by atoms with E-state index in [0.29, 0.717) is 32.3 Å². The fraction of sp³-hybridized carbons (Fsp3) is 0.424. The fourth-order valence-electron chi connectivity index (χ4n) is 4.95. The second kappa shape index (κ2) is 13.6. The van der Waals surface area contributed by atoms with Crippen molar-refractivity contribution in [2.24, 2.45) is 5.92 Å². The third-order valence-electron chi connectivity index (χ3n) is 7.25. The third kappa shape index (κ3) is 7.68. The van der Waals surface area contributed by atoms with Crippen molar-refractivity contribution in [1.82, 2.24) is 4.90 Å². The summed E-state index contributed by atoms with van der Waals surface area (Å²) in [4.78, 5) is 15.1. The second-order valence-electron chi connectivity index (χ2n) is 10.6. The molecule has 38 heavy (non-hydrogen) atoms. The lowest BCUT2D eigenvalue weighted by molar-refractivity contribution is -0.146. The summed E-state index contributed by atoms with van der Waals surface area (Å²) in [5, 5.41) is 0. The minimum absolute atomic E-state index is 0.0362. The van der Waals surface area contributed by atoms with E-state index in [0.717, 1.165) is 35.4 Å². The minimum Gasteiger partial charge on any atom is -0.489 e. The number of carbonyl (C=O) groups is 1. The largest absolute Gasteiger partial charge is 0.489 e. The highest BCUT2D eigenvalue weighted by Gasteiger charge is 2.30. The van der Waals surface area contributed by atoms with E-state index in [9.17, 15) is 4.79 Å². The molecule has 1 fully saturated rings. The minimum atomic E-state index is -0.277. The zero-order valence-corrected chi connectivity index (χ0v) is 23.1. The van der Waals surface area contributed by atoms with Crippen LogP contribution >= 0.6 is 0 Å². The maximum Gasteiger partial charge on any atom is 0.313 e. The van der Waals surface area contributed by atoms with Gasteiger partial charge in [-0.1, -0.05) is 80.6 Å². The summed E-state index contributed by atoms with van der Waals surface area (Å²) in [6.45, 7) is 11.6. The van der Waals surface area contributed by atoms with Gasteiger partial charge >= 0.3 is 5.97 Å². The Morgan fingerprint density at radius 3 is 2.34 bits per heavy atom. The Morgan fingerprint density at radius 1 is 0.947 bits per heavy atom. The Hall–Kier alpha value is -3.15. The smallest absolute Gasteiger partial charge is 0.313 e. The van der Waals surface area contributed by atoms with E-state index in [-0.39, 0.29) is 24.0 Å². The Kier molecular flexibility index (Phi) is 9.97. The van der Waals surface area contributed by atoms with Crippen LogP contribution in [0.5, 0.6) is 5.75 Å². The van der Waals surface area contributed by atoms with Crippen molar-refractivity contribution in [1.29, 1.82) is 0 Å². The van der Waals surface area contributed by atoms with Crippen molar-refractivity contribution >= 4 is 5.97 Å². The highest BCUT2D eigenvalue weighted by Crippen LogP contribution is 2.30. The molecule has 0 aromatic heterocycles. The van der Waals surface area contributed by atoms with Gasteiger partial charge in [0.05, 0.1) is 18.6 Å². The number of rotatable bonds is 11. The van der Waals surface area contributed by atoms with Gasteiger partial charge in [-0.3, -0.25) is 9.69 Å². The standard InChI is InChI=1S/C33H41NO4/c1-24(2)22-27-10-12-29(13-11-27)25(3)33(35)37-21-19-34-18-20-36-32(26(34)4)30-14-16-31(17-15-30)38-23-28-8-6-5-7-9-28/h5-17,24-26,32H,18-23H2,1-4H3. The van der Waals surface area contributed by atoms with Gasteiger partial charge in [0.15, 0.2) is 0 Å². The molecule has 3 aromatic rings. The fourth-order valence-corrected chi connectivity index (χ4v) is 4.95. The van der Waals surface area contributed by atoms with E-state index < -0.39 is 0 Å². The van der Waals surface area contributed by atoms with Crippen molar-refractivity contribution in [3.8, 4) is 5.75 Å². The molecule has 0 saturated carbocycles. The van der Waals surface area contributed by atoms with Gasteiger partial charge < -0.3 is 14.2 Å². The second-order valence-corrected chi connectivity index (χ2v) is 10.6. The van der Waals surface area contributed by atoms with Crippen LogP contribution in [0.25, 0.3) is 0 Å². The van der Waals surface area contributed by atoms with Gasteiger partial charge in [0, 0.05) is 19.1 Å². The Morgan fingerprint density at radius 2 is 1.66 bits per heavy atom. The summed E-state index contributed by atoms with van der Waals surface area (Å²) in [7, 11) is 0. The summed E-state index contributed by atoms with van der Waals surface area (Å²) >= 11 is 0. The molecule has 3 unspecified atom stereocenters. The number of ether oxygens (including phenoxy) is 3. The van der Waals surface area contributed by atoms with Gasteiger partial charge in [-0.25, -0.2) is 0 Å². The van der Waals surface area contributed by atoms with Crippen molar-refractivity contribution in [2.45, 2.75) is 58.8 Å². The number of hydrogen-bond acceptors (Lipinski definition) is 5. The van der Waals surface area contributed by atoms with Crippen LogP contribution in [0.4, 0.5) is 0 Å². The predicted octanol–water partition coefficient (Wildman–Crippen LogP) is 6.57. The molecular formula is C33H41NO4. The molecule has 0 amide bonds. The molecule has 0 N–H and O–H groups in total. The van der Waals surface area contributed by atoms with Crippen LogP contribution in [-0.2, 0) is 27.3 Å². The molecule has 0 aliphatic carbocycles. The third-order valence-corrected chi connectivity index (χ3v) is 7.25. The molecular weight excluding hydrogens is 474 g/mol. The van der Waals surface area contributed by atoms with E-state index in [2.05, 4.69) is 74.2 Å². The van der Waals surface area contributed by atoms with Gasteiger partial charge in [0.25, 0.3) is 0 Å². The van der Waals surface area contributed by atoms with Gasteiger partial charge in [-0.2, -0.15) is 0 Å². The van der Waals surface area contributed by atoms with Gasteiger partial charge in [-0.05, 0) is 60.6 Å². The Bertz CT molecular complexity index is 1130. The zero-order chi connectivity index (χ0) is 26.9. The first-order chi connectivity index (χ1) is 18.4. The predicted molar refractivity (Wildman–Crippen MR) is 151 cm³/mol. The first-order valence-corrected chi connectivity index (χ1v) is 13.8. The van der Waals surface area contributed by atoms with Crippen LogP contribution in [0.1, 0.15) is 62.0 Å². The van der Waals surface area contributed by atoms with Crippen LogP contribution in [0.2, 0.25) is 0 Å². The number of nitrogens with zero attached hydrogens (tertiary/aromatic N) is 1. The molecule has 5 nitrogen and oxygen atoms in total. The maximum atomic E-state index is 12.7. The first-order valence-electron chi connectivity index (χ1n) is 13.8. The molecule has 3 aromatic carbocycles. The van der Waals surface area contributed by atoms with Crippen molar-refractivity contribution in [2.75, 3.05) is 26.3 Å². The number of carbonyl (C=O) groups excluding carboxylic acids is 1. The highest BCUT2D eigenvalue weighted by molar-refractivity contribution is 5.77. The quantitative estimate of drug-likeness (QED) is 0.270. The van der Waals surface area contributed by atoms with Crippen LogP contribution in [0.3, 0.4) is 0 Å². The molecule has 4 rings (SSSR count). The van der Waals surface area contributed by atoms with Crippen LogP contribution in [0.15, 0.2) is 78.9 Å². The van der Waals surface area contributed by atoms with Crippen molar-refractivity contribution in [3.63, 3.8) is 0 Å². The average molecular weight is 516 g/mol. The summed E-state index contributed by atoms with van der Waals surface area (Å²) in [6, 6.07) is 26.9. The van der Waals surface area contributed by atoms with Crippen LogP contribution in [-0.4, -0.2) is 43.2 Å². The monoisotopic (exact) mass is 515 g/mol. The lowest BCUT2D eigenvalue weighted by Crippen LogP contribution is -2.47. The van der Waals surface area contributed by atoms with Crippen LogP contribution < -0.4 is 4.74 Å². The lowest BCUT2D eigenvalue weighted by Gasteiger charge is -2.39. The van der Waals surface area contributed by atoms with E-state index in [1.807, 2.05) is 37.3 Å². The molecule has 1 aliphatic heterocycles. The SMILES string of the molecule is CC(C)Cc1ccc(C(C)C(=O)OCCN2CCOC(c3ccc(OCc4ccccc4)cc3)C2C)cc1. The first kappa shape index (κ1) is 27.9. The molecule has 5 heteroatoms. The van der Waals surface area contributed by atoms with Gasteiger partial charge in [0.2, 0.25) is 0 Å². The highest BCUT2D eigenvalue weighted by atomic mass is 16.5. The summed E-state index contributed by atoms with van der Waals surface area (Å²) in [5.74, 6) is 1.00. The van der Waals surface area contributed by atoms with Gasteiger partial charge in [0.1, 0.15) is 19.0 Å². The van der Waals surface area contributed by atoms with Crippen LogP contribution in [0, 0.1) is 5.92 Å². The Balaban J connectivity index is 1.24. The molecule has 0 bridgehead atoms.